The Kier molecular flexibility index (Phi) is 2.63. The molecule has 1 amide bonds. The standard InChI is InChI=1S/C11H20N2O2/c1-4-11(2,3)15-10(14)13-7-8-5-9(13)6-12-8/h8-9,12H,4-7H2,1-3H3/t8-,9-/m0/s1. The van der Waals surface area contributed by atoms with Crippen molar-refractivity contribution in [2.24, 2.45) is 0 Å². The quantitative estimate of drug-likeness (QED) is 0.751. The van der Waals surface area contributed by atoms with E-state index in [0.29, 0.717) is 12.1 Å². The molecule has 4 nitrogen and oxygen atoms in total. The van der Waals surface area contributed by atoms with Crippen LogP contribution in [0.25, 0.3) is 0 Å². The minimum Gasteiger partial charge on any atom is -0.443 e. The highest BCUT2D eigenvalue weighted by Gasteiger charge is 2.41. The number of piperazine rings is 1. The van der Waals surface area contributed by atoms with Crippen LogP contribution in [0.3, 0.4) is 0 Å². The van der Waals surface area contributed by atoms with Crippen LogP contribution in [0.5, 0.6) is 0 Å². The topological polar surface area (TPSA) is 41.6 Å². The number of ether oxygens (including phenoxy) is 1. The molecule has 2 atom stereocenters. The lowest BCUT2D eigenvalue weighted by Gasteiger charge is -2.31. The van der Waals surface area contributed by atoms with Crippen molar-refractivity contribution in [3.63, 3.8) is 0 Å². The van der Waals surface area contributed by atoms with E-state index in [2.05, 4.69) is 5.32 Å². The predicted octanol–water partition coefficient (Wildman–Crippen LogP) is 1.36. The summed E-state index contributed by atoms with van der Waals surface area (Å²) in [5.41, 5.74) is -0.341. The molecule has 2 aliphatic heterocycles. The van der Waals surface area contributed by atoms with Crippen molar-refractivity contribution in [2.75, 3.05) is 13.1 Å². The van der Waals surface area contributed by atoms with E-state index in [4.69, 9.17) is 4.74 Å². The summed E-state index contributed by atoms with van der Waals surface area (Å²) in [6.07, 6.45) is 1.79. The molecule has 4 heteroatoms. The largest absolute Gasteiger partial charge is 0.443 e. The molecule has 0 spiro atoms. The van der Waals surface area contributed by atoms with E-state index < -0.39 is 0 Å². The van der Waals surface area contributed by atoms with Gasteiger partial charge < -0.3 is 15.0 Å². The molecule has 0 aliphatic carbocycles. The summed E-state index contributed by atoms with van der Waals surface area (Å²) in [6, 6.07) is 0.849. The Labute approximate surface area is 91.0 Å². The van der Waals surface area contributed by atoms with Gasteiger partial charge in [0, 0.05) is 25.2 Å². The van der Waals surface area contributed by atoms with Gasteiger partial charge in [0.15, 0.2) is 0 Å². The summed E-state index contributed by atoms with van der Waals surface area (Å²) in [7, 11) is 0. The monoisotopic (exact) mass is 212 g/mol. The molecule has 1 N–H and O–H groups in total. The summed E-state index contributed by atoms with van der Waals surface area (Å²) in [5.74, 6) is 0. The fraction of sp³-hybridized carbons (Fsp3) is 0.909. The molecule has 2 aliphatic rings. The molecule has 2 rings (SSSR count). The summed E-state index contributed by atoms with van der Waals surface area (Å²) >= 11 is 0. The van der Waals surface area contributed by atoms with Crippen molar-refractivity contribution in [2.45, 2.75) is 51.3 Å². The first kappa shape index (κ1) is 10.7. The van der Waals surface area contributed by atoms with E-state index in [1.807, 2.05) is 25.7 Å². The molecule has 0 aromatic rings. The Bertz CT molecular complexity index is 265. The Morgan fingerprint density at radius 1 is 1.60 bits per heavy atom. The lowest BCUT2D eigenvalue weighted by molar-refractivity contribution is 0.00741. The molecular formula is C11H20N2O2. The number of amides is 1. The van der Waals surface area contributed by atoms with Crippen molar-refractivity contribution >= 4 is 6.09 Å². The second kappa shape index (κ2) is 3.67. The van der Waals surface area contributed by atoms with Crippen molar-refractivity contribution in [3.8, 4) is 0 Å². The highest BCUT2D eigenvalue weighted by molar-refractivity contribution is 5.69. The minimum atomic E-state index is -0.341. The fourth-order valence-electron chi connectivity index (χ4n) is 2.15. The highest BCUT2D eigenvalue weighted by Crippen LogP contribution is 2.25. The summed E-state index contributed by atoms with van der Waals surface area (Å²) in [6.45, 7) is 7.68. The van der Waals surface area contributed by atoms with Gasteiger partial charge in [-0.1, -0.05) is 6.92 Å². The summed E-state index contributed by atoms with van der Waals surface area (Å²) in [5, 5.41) is 3.37. The van der Waals surface area contributed by atoms with E-state index in [9.17, 15) is 4.79 Å². The van der Waals surface area contributed by atoms with E-state index in [1.165, 1.54) is 0 Å². The van der Waals surface area contributed by atoms with Crippen molar-refractivity contribution in [3.05, 3.63) is 0 Å². The maximum atomic E-state index is 11.9. The lowest BCUT2D eigenvalue weighted by atomic mass is 10.1. The zero-order valence-electron chi connectivity index (χ0n) is 9.75. The van der Waals surface area contributed by atoms with Crippen LogP contribution in [0.4, 0.5) is 4.79 Å². The summed E-state index contributed by atoms with van der Waals surface area (Å²) < 4.78 is 5.48. The van der Waals surface area contributed by atoms with Crippen LogP contribution in [0.15, 0.2) is 0 Å². The molecule has 0 saturated carbocycles. The Balaban J connectivity index is 1.92. The third-order valence-corrected chi connectivity index (χ3v) is 3.51. The molecule has 0 radical (unpaired) electrons. The number of fused-ring (bicyclic) bond motifs is 2. The second-order valence-corrected chi connectivity index (χ2v) is 5.13. The number of carbonyl (C=O) groups excluding carboxylic acids is 1. The third kappa shape index (κ3) is 2.09. The van der Waals surface area contributed by atoms with Crippen molar-refractivity contribution < 1.29 is 9.53 Å². The van der Waals surface area contributed by atoms with Gasteiger partial charge >= 0.3 is 6.09 Å². The van der Waals surface area contributed by atoms with Gasteiger partial charge in [-0.3, -0.25) is 0 Å². The number of nitrogens with zero attached hydrogens (tertiary/aromatic N) is 1. The number of carbonyl (C=O) groups is 1. The van der Waals surface area contributed by atoms with Gasteiger partial charge in [0.25, 0.3) is 0 Å². The van der Waals surface area contributed by atoms with E-state index in [0.717, 1.165) is 25.9 Å². The van der Waals surface area contributed by atoms with Crippen LogP contribution in [-0.2, 0) is 4.74 Å². The molecule has 2 heterocycles. The van der Waals surface area contributed by atoms with Crippen LogP contribution in [0, 0.1) is 0 Å². The molecule has 2 saturated heterocycles. The molecule has 0 aromatic carbocycles. The van der Waals surface area contributed by atoms with Crippen molar-refractivity contribution in [1.82, 2.24) is 10.2 Å². The predicted molar refractivity (Wildman–Crippen MR) is 57.8 cm³/mol. The fourth-order valence-corrected chi connectivity index (χ4v) is 2.15. The number of hydrogen-bond donors (Lipinski definition) is 1. The first-order valence-electron chi connectivity index (χ1n) is 5.75. The highest BCUT2D eigenvalue weighted by atomic mass is 16.6. The first-order valence-corrected chi connectivity index (χ1v) is 5.75. The maximum Gasteiger partial charge on any atom is 0.410 e. The SMILES string of the molecule is CCC(C)(C)OC(=O)N1C[C@@H]2C[C@H]1CN2. The van der Waals surface area contributed by atoms with Crippen LogP contribution in [0.2, 0.25) is 0 Å². The number of rotatable bonds is 2. The Morgan fingerprint density at radius 2 is 2.33 bits per heavy atom. The van der Waals surface area contributed by atoms with E-state index in [1.54, 1.807) is 0 Å². The number of hydrogen-bond acceptors (Lipinski definition) is 3. The average Bonchev–Trinajstić information content (AvgIpc) is 2.78. The molecule has 2 fully saturated rings. The zero-order chi connectivity index (χ0) is 11.1. The second-order valence-electron chi connectivity index (χ2n) is 5.13. The van der Waals surface area contributed by atoms with Gasteiger partial charge in [0.05, 0.1) is 0 Å². The van der Waals surface area contributed by atoms with Crippen molar-refractivity contribution in [1.29, 1.82) is 0 Å². The zero-order valence-corrected chi connectivity index (χ0v) is 9.75. The van der Waals surface area contributed by atoms with E-state index >= 15 is 0 Å². The van der Waals surface area contributed by atoms with Gasteiger partial charge in [0.2, 0.25) is 0 Å². The smallest absolute Gasteiger partial charge is 0.410 e. The van der Waals surface area contributed by atoms with Gasteiger partial charge in [0.1, 0.15) is 5.60 Å². The number of nitrogens with one attached hydrogen (secondary N) is 1. The third-order valence-electron chi connectivity index (χ3n) is 3.51. The Morgan fingerprint density at radius 3 is 2.80 bits per heavy atom. The lowest BCUT2D eigenvalue weighted by Crippen LogP contribution is -2.48. The van der Waals surface area contributed by atoms with Crippen LogP contribution >= 0.6 is 0 Å². The normalized spacial score (nSPS) is 29.7. The molecule has 2 bridgehead atoms. The maximum absolute atomic E-state index is 11.9. The van der Waals surface area contributed by atoms with Gasteiger partial charge in [-0.15, -0.1) is 0 Å². The molecule has 15 heavy (non-hydrogen) atoms. The number of likely N-dealkylation sites (tertiary alicyclic amines) is 1. The van der Waals surface area contributed by atoms with Crippen LogP contribution in [0.1, 0.15) is 33.6 Å². The Hall–Kier alpha value is -0.770. The average molecular weight is 212 g/mol. The van der Waals surface area contributed by atoms with Crippen LogP contribution in [-0.4, -0.2) is 41.8 Å². The van der Waals surface area contributed by atoms with Gasteiger partial charge in [-0.25, -0.2) is 4.79 Å². The molecule has 0 unspecified atom stereocenters. The van der Waals surface area contributed by atoms with Crippen LogP contribution < -0.4 is 5.32 Å². The van der Waals surface area contributed by atoms with E-state index in [-0.39, 0.29) is 11.7 Å². The molecule has 86 valence electrons. The van der Waals surface area contributed by atoms with Gasteiger partial charge in [-0.05, 0) is 26.7 Å². The van der Waals surface area contributed by atoms with Gasteiger partial charge in [-0.2, -0.15) is 0 Å². The molecule has 0 aromatic heterocycles. The summed E-state index contributed by atoms with van der Waals surface area (Å²) in [4.78, 5) is 13.8. The minimum absolute atomic E-state index is 0.143. The molecular weight excluding hydrogens is 192 g/mol. The first-order chi connectivity index (χ1) is 7.02.